The van der Waals surface area contributed by atoms with Crippen LogP contribution in [0.5, 0.6) is 0 Å². The summed E-state index contributed by atoms with van der Waals surface area (Å²) in [6, 6.07) is 20.7. The van der Waals surface area contributed by atoms with Gasteiger partial charge >= 0.3 is 5.97 Å². The Morgan fingerprint density at radius 2 is 1.77 bits per heavy atom. The third-order valence-corrected chi connectivity index (χ3v) is 5.67. The Hall–Kier alpha value is -3.46. The van der Waals surface area contributed by atoms with Gasteiger partial charge in [-0.15, -0.1) is 0 Å². The topological polar surface area (TPSA) is 37.3 Å². The summed E-state index contributed by atoms with van der Waals surface area (Å²) in [5, 5.41) is 8.99. The second-order valence-electron chi connectivity index (χ2n) is 8.25. The number of hydrogen-bond acceptors (Lipinski definition) is 1. The zero-order chi connectivity index (χ0) is 21.3. The van der Waals surface area contributed by atoms with E-state index in [0.717, 1.165) is 18.1 Å². The maximum absolute atomic E-state index is 14.2. The van der Waals surface area contributed by atoms with E-state index in [1.165, 1.54) is 34.4 Å². The predicted octanol–water partition coefficient (Wildman–Crippen LogP) is 6.81. The van der Waals surface area contributed by atoms with E-state index in [1.807, 2.05) is 24.3 Å². The Morgan fingerprint density at radius 1 is 1.00 bits per heavy atom. The molecule has 150 valence electrons. The van der Waals surface area contributed by atoms with Gasteiger partial charge in [-0.1, -0.05) is 80.6 Å². The smallest absolute Gasteiger partial charge is 0.335 e. The van der Waals surface area contributed by atoms with Crippen LogP contribution in [-0.2, 0) is 5.41 Å². The maximum Gasteiger partial charge on any atom is 0.335 e. The summed E-state index contributed by atoms with van der Waals surface area (Å²) in [6.07, 6.45) is 6.82. The zero-order valence-corrected chi connectivity index (χ0v) is 17.0. The lowest BCUT2D eigenvalue weighted by molar-refractivity contribution is 0.0696. The van der Waals surface area contributed by atoms with Gasteiger partial charge in [0.05, 0.1) is 5.56 Å². The summed E-state index contributed by atoms with van der Waals surface area (Å²) in [5.41, 5.74) is 6.22. The number of fused-ring (bicyclic) bond motifs is 1. The molecular weight excluding hydrogens is 375 g/mol. The van der Waals surface area contributed by atoms with Gasteiger partial charge in [-0.25, -0.2) is 9.18 Å². The van der Waals surface area contributed by atoms with Gasteiger partial charge in [0.15, 0.2) is 0 Å². The van der Waals surface area contributed by atoms with E-state index in [0.29, 0.717) is 5.56 Å². The van der Waals surface area contributed by atoms with Gasteiger partial charge in [0.2, 0.25) is 0 Å². The Balaban J connectivity index is 1.72. The van der Waals surface area contributed by atoms with E-state index in [4.69, 9.17) is 5.11 Å². The van der Waals surface area contributed by atoms with Crippen LogP contribution in [0.15, 0.2) is 72.8 Å². The van der Waals surface area contributed by atoms with Crippen molar-refractivity contribution in [2.24, 2.45) is 0 Å². The van der Waals surface area contributed by atoms with Crippen molar-refractivity contribution in [2.45, 2.75) is 25.7 Å². The standard InChI is InChI=1S/C27H23FO2/c1-27(2)15-14-22(19-6-4-3-5-7-19)23-16-18(9-13-24(23)27)8-10-20-11-12-21(26(29)30)17-25(20)28/h3-14,16-17H,15H2,1-2H3,(H,29,30)/b10-8+. The number of benzene rings is 3. The van der Waals surface area contributed by atoms with Gasteiger partial charge in [0.1, 0.15) is 5.82 Å². The first-order valence-electron chi connectivity index (χ1n) is 9.96. The molecule has 2 nitrogen and oxygen atoms in total. The fourth-order valence-corrected chi connectivity index (χ4v) is 3.93. The quantitative estimate of drug-likeness (QED) is 0.490. The summed E-state index contributed by atoms with van der Waals surface area (Å²) < 4.78 is 14.2. The van der Waals surface area contributed by atoms with Crippen molar-refractivity contribution < 1.29 is 14.3 Å². The number of hydrogen-bond donors (Lipinski definition) is 1. The highest BCUT2D eigenvalue weighted by atomic mass is 19.1. The van der Waals surface area contributed by atoms with Crippen LogP contribution in [0.25, 0.3) is 17.7 Å². The van der Waals surface area contributed by atoms with Crippen LogP contribution in [0.3, 0.4) is 0 Å². The molecule has 0 unspecified atom stereocenters. The summed E-state index contributed by atoms with van der Waals surface area (Å²) in [7, 11) is 0. The fourth-order valence-electron chi connectivity index (χ4n) is 3.93. The summed E-state index contributed by atoms with van der Waals surface area (Å²) in [5.74, 6) is -1.68. The van der Waals surface area contributed by atoms with E-state index in [2.05, 4.69) is 50.3 Å². The molecule has 3 aromatic carbocycles. The number of carboxylic acids is 1. The first-order valence-corrected chi connectivity index (χ1v) is 9.96. The molecule has 0 radical (unpaired) electrons. The van der Waals surface area contributed by atoms with Crippen LogP contribution in [0.4, 0.5) is 4.39 Å². The molecule has 0 amide bonds. The molecule has 30 heavy (non-hydrogen) atoms. The highest BCUT2D eigenvalue weighted by Gasteiger charge is 2.28. The summed E-state index contributed by atoms with van der Waals surface area (Å²) >= 11 is 0. The highest BCUT2D eigenvalue weighted by molar-refractivity contribution is 5.88. The third kappa shape index (κ3) is 3.84. The molecule has 0 atom stereocenters. The Bertz CT molecular complexity index is 1170. The molecule has 0 fully saturated rings. The molecule has 0 spiro atoms. The molecule has 0 saturated carbocycles. The van der Waals surface area contributed by atoms with Gasteiger partial charge in [-0.05, 0) is 57.9 Å². The van der Waals surface area contributed by atoms with E-state index >= 15 is 0 Å². The van der Waals surface area contributed by atoms with Crippen molar-refractivity contribution >= 4 is 23.7 Å². The van der Waals surface area contributed by atoms with E-state index in [1.54, 1.807) is 6.08 Å². The van der Waals surface area contributed by atoms with Crippen molar-refractivity contribution in [3.05, 3.63) is 112 Å². The Kier molecular flexibility index (Phi) is 5.13. The monoisotopic (exact) mass is 398 g/mol. The largest absolute Gasteiger partial charge is 0.478 e. The van der Waals surface area contributed by atoms with Crippen LogP contribution >= 0.6 is 0 Å². The molecule has 0 saturated heterocycles. The van der Waals surface area contributed by atoms with Crippen molar-refractivity contribution in [1.82, 2.24) is 0 Å². The number of aromatic carboxylic acids is 1. The second kappa shape index (κ2) is 7.75. The fraction of sp³-hybridized carbons (Fsp3) is 0.148. The zero-order valence-electron chi connectivity index (χ0n) is 17.0. The van der Waals surface area contributed by atoms with E-state index in [9.17, 15) is 9.18 Å². The molecule has 0 aromatic heterocycles. The van der Waals surface area contributed by atoms with Crippen LogP contribution in [-0.4, -0.2) is 11.1 Å². The van der Waals surface area contributed by atoms with Crippen molar-refractivity contribution in [3.8, 4) is 0 Å². The number of carboxylic acid groups (broad SMARTS) is 1. The van der Waals surface area contributed by atoms with Gasteiger partial charge in [-0.2, -0.15) is 0 Å². The molecule has 1 aliphatic rings. The Morgan fingerprint density at radius 3 is 2.47 bits per heavy atom. The number of allylic oxidation sites excluding steroid dienone is 1. The van der Waals surface area contributed by atoms with E-state index in [-0.39, 0.29) is 11.0 Å². The summed E-state index contributed by atoms with van der Waals surface area (Å²) in [6.45, 7) is 4.50. The van der Waals surface area contributed by atoms with Gasteiger partial charge in [-0.3, -0.25) is 0 Å². The first kappa shape index (κ1) is 19.8. The normalized spacial score (nSPS) is 15.0. The first-order chi connectivity index (χ1) is 14.3. The van der Waals surface area contributed by atoms with Crippen molar-refractivity contribution in [1.29, 1.82) is 0 Å². The number of rotatable bonds is 4. The lowest BCUT2D eigenvalue weighted by Crippen LogP contribution is -2.21. The van der Waals surface area contributed by atoms with Gasteiger partial charge in [0, 0.05) is 5.56 Å². The van der Waals surface area contributed by atoms with E-state index < -0.39 is 11.8 Å². The molecule has 3 aromatic rings. The average Bonchev–Trinajstić information content (AvgIpc) is 2.73. The molecule has 3 heteroatoms. The SMILES string of the molecule is CC1(C)CC=C(c2ccccc2)c2cc(/C=C/c3ccc(C(=O)O)cc3F)ccc21. The minimum absolute atomic E-state index is 0.0502. The Labute approximate surface area is 176 Å². The highest BCUT2D eigenvalue weighted by Crippen LogP contribution is 2.41. The van der Waals surface area contributed by atoms with Crippen LogP contribution in [0.2, 0.25) is 0 Å². The van der Waals surface area contributed by atoms with Crippen molar-refractivity contribution in [3.63, 3.8) is 0 Å². The van der Waals surface area contributed by atoms with Gasteiger partial charge < -0.3 is 5.11 Å². The third-order valence-electron chi connectivity index (χ3n) is 5.67. The second-order valence-corrected chi connectivity index (χ2v) is 8.25. The molecular formula is C27H23FO2. The maximum atomic E-state index is 14.2. The lowest BCUT2D eigenvalue weighted by atomic mass is 9.72. The minimum Gasteiger partial charge on any atom is -0.478 e. The van der Waals surface area contributed by atoms with Crippen LogP contribution in [0, 0.1) is 5.82 Å². The average molecular weight is 398 g/mol. The number of carbonyl (C=O) groups is 1. The lowest BCUT2D eigenvalue weighted by Gasteiger charge is -2.32. The predicted molar refractivity (Wildman–Crippen MR) is 120 cm³/mol. The minimum atomic E-state index is -1.14. The molecule has 0 bridgehead atoms. The molecule has 1 aliphatic carbocycles. The molecule has 4 rings (SSSR count). The van der Waals surface area contributed by atoms with Crippen LogP contribution in [0.1, 0.15) is 58.4 Å². The molecule has 1 N–H and O–H groups in total. The van der Waals surface area contributed by atoms with Crippen LogP contribution < -0.4 is 0 Å². The van der Waals surface area contributed by atoms with Gasteiger partial charge in [0.25, 0.3) is 0 Å². The summed E-state index contributed by atoms with van der Waals surface area (Å²) in [4.78, 5) is 11.0. The number of halogens is 1. The van der Waals surface area contributed by atoms with Crippen molar-refractivity contribution in [2.75, 3.05) is 0 Å². The molecule has 0 heterocycles. The molecule has 0 aliphatic heterocycles.